The van der Waals surface area contributed by atoms with E-state index in [9.17, 15) is 0 Å². The second-order valence-electron chi connectivity index (χ2n) is 5.56. The summed E-state index contributed by atoms with van der Waals surface area (Å²) < 4.78 is 5.72. The van der Waals surface area contributed by atoms with E-state index >= 15 is 0 Å². The first kappa shape index (κ1) is 16.2. The van der Waals surface area contributed by atoms with Gasteiger partial charge in [-0.2, -0.15) is 0 Å². The smallest absolute Gasteiger partial charge is 0.120 e. The maximum Gasteiger partial charge on any atom is 0.120 e. The van der Waals surface area contributed by atoms with E-state index in [4.69, 9.17) is 27.9 Å². The minimum absolute atomic E-state index is 0.138. The molecule has 0 saturated carbocycles. The summed E-state index contributed by atoms with van der Waals surface area (Å²) in [5, 5.41) is 0.417. The Morgan fingerprint density at radius 1 is 1.00 bits per heavy atom. The Hall–Kier alpha value is -1.18. The Morgan fingerprint density at radius 2 is 1.67 bits per heavy atom. The van der Waals surface area contributed by atoms with Crippen molar-refractivity contribution in [2.45, 2.75) is 39.2 Å². The van der Waals surface area contributed by atoms with Crippen molar-refractivity contribution >= 4 is 23.2 Å². The molecule has 0 N–H and O–H groups in total. The maximum atomic E-state index is 6.63. The summed E-state index contributed by atoms with van der Waals surface area (Å²) >= 11 is 13.0. The molecule has 2 rings (SSSR count). The van der Waals surface area contributed by atoms with Gasteiger partial charge >= 0.3 is 0 Å². The van der Waals surface area contributed by atoms with Crippen LogP contribution in [-0.2, 0) is 0 Å². The molecule has 0 fully saturated rings. The number of halogens is 2. The second-order valence-corrected chi connectivity index (χ2v) is 6.40. The monoisotopic (exact) mass is 322 g/mol. The third kappa shape index (κ3) is 3.93. The molecule has 0 aliphatic heterocycles. The van der Waals surface area contributed by atoms with Crippen LogP contribution in [0, 0.1) is 13.8 Å². The molecule has 1 unspecified atom stereocenters. The molecular formula is C18H20Cl2O. The lowest BCUT2D eigenvalue weighted by Gasteiger charge is -2.16. The fourth-order valence-corrected chi connectivity index (χ4v) is 2.89. The van der Waals surface area contributed by atoms with Crippen LogP contribution in [-0.4, -0.2) is 6.10 Å². The van der Waals surface area contributed by atoms with E-state index in [1.807, 2.05) is 51.1 Å². The summed E-state index contributed by atoms with van der Waals surface area (Å²) in [6, 6.07) is 11.9. The molecular weight excluding hydrogens is 303 g/mol. The summed E-state index contributed by atoms with van der Waals surface area (Å²) in [4.78, 5) is 0. The van der Waals surface area contributed by atoms with Crippen LogP contribution >= 0.6 is 23.2 Å². The minimum atomic E-state index is -0.285. The fraction of sp³-hybridized carbons (Fsp3) is 0.333. The average Bonchev–Trinajstić information content (AvgIpc) is 2.41. The normalized spacial score (nSPS) is 12.5. The van der Waals surface area contributed by atoms with Crippen LogP contribution in [0.4, 0.5) is 0 Å². The van der Waals surface area contributed by atoms with E-state index in [1.54, 1.807) is 0 Å². The van der Waals surface area contributed by atoms with Crippen molar-refractivity contribution in [3.05, 3.63) is 63.7 Å². The Balaban J connectivity index is 2.36. The van der Waals surface area contributed by atoms with Gasteiger partial charge in [-0.3, -0.25) is 0 Å². The highest BCUT2D eigenvalue weighted by molar-refractivity contribution is 6.33. The number of ether oxygens (including phenoxy) is 1. The van der Waals surface area contributed by atoms with Gasteiger partial charge in [-0.05, 0) is 68.1 Å². The van der Waals surface area contributed by atoms with E-state index < -0.39 is 0 Å². The van der Waals surface area contributed by atoms with Gasteiger partial charge in [0.1, 0.15) is 5.75 Å². The summed E-state index contributed by atoms with van der Waals surface area (Å²) in [7, 11) is 0. The molecule has 112 valence electrons. The molecule has 0 heterocycles. The zero-order valence-corrected chi connectivity index (χ0v) is 14.3. The van der Waals surface area contributed by atoms with Crippen LogP contribution in [0.2, 0.25) is 5.02 Å². The van der Waals surface area contributed by atoms with Crippen molar-refractivity contribution in [3.8, 4) is 5.75 Å². The number of benzene rings is 2. The first-order chi connectivity index (χ1) is 9.88. The van der Waals surface area contributed by atoms with Crippen LogP contribution < -0.4 is 4.74 Å². The average molecular weight is 323 g/mol. The molecule has 0 radical (unpaired) electrons. The molecule has 2 aromatic carbocycles. The van der Waals surface area contributed by atoms with Crippen molar-refractivity contribution in [1.82, 2.24) is 0 Å². The lowest BCUT2D eigenvalue weighted by Crippen LogP contribution is -2.06. The van der Waals surface area contributed by atoms with Gasteiger partial charge in [0, 0.05) is 5.02 Å². The molecule has 0 saturated heterocycles. The molecule has 1 atom stereocenters. The first-order valence-corrected chi connectivity index (χ1v) is 7.87. The maximum absolute atomic E-state index is 6.63. The van der Waals surface area contributed by atoms with Gasteiger partial charge in [0.05, 0.1) is 11.5 Å². The van der Waals surface area contributed by atoms with Gasteiger partial charge in [-0.25, -0.2) is 0 Å². The Morgan fingerprint density at radius 3 is 2.33 bits per heavy atom. The van der Waals surface area contributed by atoms with Crippen molar-refractivity contribution in [3.63, 3.8) is 0 Å². The topological polar surface area (TPSA) is 9.23 Å². The van der Waals surface area contributed by atoms with Gasteiger partial charge in [0.25, 0.3) is 0 Å². The molecule has 0 aliphatic carbocycles. The van der Waals surface area contributed by atoms with E-state index in [1.165, 1.54) is 11.1 Å². The molecule has 1 nitrogen and oxygen atoms in total. The van der Waals surface area contributed by atoms with Crippen molar-refractivity contribution < 1.29 is 4.74 Å². The minimum Gasteiger partial charge on any atom is -0.491 e. The van der Waals surface area contributed by atoms with Crippen LogP contribution in [0.15, 0.2) is 36.4 Å². The van der Waals surface area contributed by atoms with Crippen LogP contribution in [0.3, 0.4) is 0 Å². The summed E-state index contributed by atoms with van der Waals surface area (Å²) in [6.07, 6.45) is 0.138. The molecule has 21 heavy (non-hydrogen) atoms. The van der Waals surface area contributed by atoms with Gasteiger partial charge in [0.2, 0.25) is 0 Å². The molecule has 0 bridgehead atoms. The Bertz CT molecular complexity index is 635. The predicted molar refractivity (Wildman–Crippen MR) is 90.8 cm³/mol. The molecule has 0 amide bonds. The highest BCUT2D eigenvalue weighted by Gasteiger charge is 2.16. The molecule has 3 heteroatoms. The van der Waals surface area contributed by atoms with Gasteiger partial charge in [0.15, 0.2) is 0 Å². The van der Waals surface area contributed by atoms with Crippen LogP contribution in [0.1, 0.15) is 41.5 Å². The number of rotatable bonds is 4. The van der Waals surface area contributed by atoms with Crippen LogP contribution in [0.5, 0.6) is 5.75 Å². The third-order valence-electron chi connectivity index (χ3n) is 3.41. The molecule has 2 aromatic rings. The quantitative estimate of drug-likeness (QED) is 0.620. The van der Waals surface area contributed by atoms with Crippen molar-refractivity contribution in [2.75, 3.05) is 0 Å². The Labute approximate surface area is 136 Å². The lowest BCUT2D eigenvalue weighted by molar-refractivity contribution is 0.242. The Kier molecular flexibility index (Phi) is 5.18. The number of hydrogen-bond acceptors (Lipinski definition) is 1. The SMILES string of the molecule is Cc1cc(Cl)c(C(Cl)c2cccc(OC(C)C)c2)cc1C. The first-order valence-electron chi connectivity index (χ1n) is 7.06. The lowest BCUT2D eigenvalue weighted by atomic mass is 9.99. The standard InChI is InChI=1S/C18H20Cl2O/c1-11(2)21-15-7-5-6-14(10-15)18(20)16-8-12(3)13(4)9-17(16)19/h5-11,18H,1-4H3. The number of hydrogen-bond donors (Lipinski definition) is 0. The van der Waals surface area contributed by atoms with Gasteiger partial charge in [-0.15, -0.1) is 11.6 Å². The van der Waals surface area contributed by atoms with E-state index in [-0.39, 0.29) is 11.5 Å². The van der Waals surface area contributed by atoms with E-state index in [0.29, 0.717) is 5.02 Å². The summed E-state index contributed by atoms with van der Waals surface area (Å²) in [6.45, 7) is 8.12. The zero-order valence-electron chi connectivity index (χ0n) is 12.8. The number of aryl methyl sites for hydroxylation is 2. The van der Waals surface area contributed by atoms with E-state index in [0.717, 1.165) is 16.9 Å². The third-order valence-corrected chi connectivity index (χ3v) is 4.22. The van der Waals surface area contributed by atoms with E-state index in [2.05, 4.69) is 13.0 Å². The molecule has 0 aliphatic rings. The van der Waals surface area contributed by atoms with Gasteiger partial charge in [-0.1, -0.05) is 29.8 Å². The van der Waals surface area contributed by atoms with Crippen LogP contribution in [0.25, 0.3) is 0 Å². The zero-order chi connectivity index (χ0) is 15.6. The predicted octanol–water partition coefficient (Wildman–Crippen LogP) is 6.07. The highest BCUT2D eigenvalue weighted by atomic mass is 35.5. The van der Waals surface area contributed by atoms with Crippen molar-refractivity contribution in [1.29, 1.82) is 0 Å². The second kappa shape index (κ2) is 6.72. The van der Waals surface area contributed by atoms with Gasteiger partial charge < -0.3 is 4.74 Å². The highest BCUT2D eigenvalue weighted by Crippen LogP contribution is 2.36. The molecule has 0 aromatic heterocycles. The summed E-state index contributed by atoms with van der Waals surface area (Å²) in [5.74, 6) is 0.827. The molecule has 0 spiro atoms. The number of alkyl halides is 1. The summed E-state index contributed by atoms with van der Waals surface area (Å²) in [5.41, 5.74) is 4.28. The fourth-order valence-electron chi connectivity index (χ4n) is 2.19. The van der Waals surface area contributed by atoms with Crippen molar-refractivity contribution in [2.24, 2.45) is 0 Å². The largest absolute Gasteiger partial charge is 0.491 e.